The Morgan fingerprint density at radius 2 is 2.19 bits per heavy atom. The van der Waals surface area contributed by atoms with Gasteiger partial charge in [-0.25, -0.2) is 4.39 Å². The fraction of sp³-hybridized carbons (Fsp3) is 0.429. The van der Waals surface area contributed by atoms with E-state index < -0.39 is 0 Å². The molecule has 27 heavy (non-hydrogen) atoms. The van der Waals surface area contributed by atoms with Crippen LogP contribution in [0.25, 0.3) is 11.1 Å². The normalized spacial score (nSPS) is 18.0. The molecule has 3 rings (SSSR count). The van der Waals surface area contributed by atoms with Gasteiger partial charge < -0.3 is 15.4 Å². The summed E-state index contributed by atoms with van der Waals surface area (Å²) in [6.07, 6.45) is 3.93. The molecule has 2 N–H and O–H groups in total. The molecule has 1 fully saturated rings. The minimum absolute atomic E-state index is 0.0459. The monoisotopic (exact) mass is 371 g/mol. The third-order valence-electron chi connectivity index (χ3n) is 5.09. The second-order valence-corrected chi connectivity index (χ2v) is 6.97. The van der Waals surface area contributed by atoms with Crippen molar-refractivity contribution >= 4 is 5.91 Å². The molecule has 1 amide bonds. The highest BCUT2D eigenvalue weighted by molar-refractivity contribution is 5.80. The summed E-state index contributed by atoms with van der Waals surface area (Å²) in [4.78, 5) is 18.2. The van der Waals surface area contributed by atoms with Crippen molar-refractivity contribution < 1.29 is 13.9 Å². The average molecular weight is 371 g/mol. The highest BCUT2D eigenvalue weighted by Gasteiger charge is 2.29. The summed E-state index contributed by atoms with van der Waals surface area (Å²) in [5.41, 5.74) is 8.19. The van der Waals surface area contributed by atoms with E-state index in [9.17, 15) is 9.18 Å². The van der Waals surface area contributed by atoms with Gasteiger partial charge in [-0.1, -0.05) is 0 Å². The van der Waals surface area contributed by atoms with E-state index in [4.69, 9.17) is 10.5 Å². The van der Waals surface area contributed by atoms with Crippen molar-refractivity contribution in [1.82, 2.24) is 9.88 Å². The minimum atomic E-state index is -0.316. The molecule has 144 valence electrons. The van der Waals surface area contributed by atoms with Crippen LogP contribution in [0.4, 0.5) is 4.39 Å². The zero-order valence-corrected chi connectivity index (χ0v) is 15.8. The van der Waals surface area contributed by atoms with Gasteiger partial charge in [0.15, 0.2) is 0 Å². The summed E-state index contributed by atoms with van der Waals surface area (Å²) in [6, 6.07) is 8.01. The number of amides is 1. The molecule has 0 bridgehead atoms. The number of benzene rings is 1. The molecule has 0 aliphatic carbocycles. The van der Waals surface area contributed by atoms with Gasteiger partial charge in [0.2, 0.25) is 5.91 Å². The predicted molar refractivity (Wildman–Crippen MR) is 103 cm³/mol. The molecule has 2 heterocycles. The second-order valence-electron chi connectivity index (χ2n) is 6.97. The lowest BCUT2D eigenvalue weighted by Gasteiger charge is -2.15. The van der Waals surface area contributed by atoms with E-state index in [2.05, 4.69) is 4.98 Å². The Labute approximate surface area is 159 Å². The molecule has 1 aromatic heterocycles. The maximum absolute atomic E-state index is 14.3. The van der Waals surface area contributed by atoms with Gasteiger partial charge in [0, 0.05) is 37.3 Å². The number of carbonyl (C=O) groups is 1. The first-order valence-corrected chi connectivity index (χ1v) is 9.38. The summed E-state index contributed by atoms with van der Waals surface area (Å²) in [5.74, 6) is 0.549. The van der Waals surface area contributed by atoms with Gasteiger partial charge in [-0.15, -0.1) is 0 Å². The van der Waals surface area contributed by atoms with Crippen LogP contribution in [0.15, 0.2) is 36.5 Å². The number of hydrogen-bond donors (Lipinski definition) is 1. The lowest BCUT2D eigenvalue weighted by molar-refractivity contribution is -0.130. The number of ether oxygens (including phenoxy) is 1. The molecule has 1 saturated heterocycles. The van der Waals surface area contributed by atoms with Crippen molar-refractivity contribution in [2.45, 2.75) is 32.2 Å². The molecule has 0 radical (unpaired) electrons. The number of hydrogen-bond acceptors (Lipinski definition) is 4. The summed E-state index contributed by atoms with van der Waals surface area (Å²) in [7, 11) is 1.83. The lowest BCUT2D eigenvalue weighted by Crippen LogP contribution is -2.23. The number of aromatic nitrogens is 1. The van der Waals surface area contributed by atoms with Crippen LogP contribution < -0.4 is 10.5 Å². The SMILES string of the molecule is CCOc1ccc(F)c(-c2ccnc([C@H](N)CC[C@@H]3CCN(C)C3=O)c2)c1. The fourth-order valence-electron chi connectivity index (χ4n) is 3.49. The smallest absolute Gasteiger partial charge is 0.225 e. The number of nitrogens with zero attached hydrogens (tertiary/aromatic N) is 2. The Hall–Kier alpha value is -2.47. The maximum Gasteiger partial charge on any atom is 0.225 e. The number of nitrogens with two attached hydrogens (primary N) is 1. The first-order chi connectivity index (χ1) is 13.0. The molecular weight excluding hydrogens is 345 g/mol. The number of likely N-dealkylation sites (tertiary alicyclic amines) is 1. The Balaban J connectivity index is 1.73. The van der Waals surface area contributed by atoms with E-state index in [-0.39, 0.29) is 23.7 Å². The summed E-state index contributed by atoms with van der Waals surface area (Å²) < 4.78 is 19.8. The molecule has 6 heteroatoms. The van der Waals surface area contributed by atoms with E-state index in [0.717, 1.165) is 19.4 Å². The minimum Gasteiger partial charge on any atom is -0.494 e. The van der Waals surface area contributed by atoms with Gasteiger partial charge in [0.1, 0.15) is 11.6 Å². The zero-order valence-electron chi connectivity index (χ0n) is 15.8. The largest absolute Gasteiger partial charge is 0.494 e. The van der Waals surface area contributed by atoms with Gasteiger partial charge in [-0.3, -0.25) is 9.78 Å². The van der Waals surface area contributed by atoms with Crippen LogP contribution in [0.2, 0.25) is 0 Å². The highest BCUT2D eigenvalue weighted by atomic mass is 19.1. The third kappa shape index (κ3) is 4.45. The fourth-order valence-corrected chi connectivity index (χ4v) is 3.49. The second kappa shape index (κ2) is 8.48. The summed E-state index contributed by atoms with van der Waals surface area (Å²) in [5, 5.41) is 0. The van der Waals surface area contributed by atoms with Crippen LogP contribution in [0, 0.1) is 11.7 Å². The summed E-state index contributed by atoms with van der Waals surface area (Å²) >= 11 is 0. The molecule has 2 atom stereocenters. The van der Waals surface area contributed by atoms with Crippen molar-refractivity contribution in [3.63, 3.8) is 0 Å². The van der Waals surface area contributed by atoms with Crippen molar-refractivity contribution in [2.75, 3.05) is 20.2 Å². The van der Waals surface area contributed by atoms with E-state index in [1.165, 1.54) is 6.07 Å². The van der Waals surface area contributed by atoms with Gasteiger partial charge in [-0.2, -0.15) is 0 Å². The first-order valence-electron chi connectivity index (χ1n) is 9.38. The zero-order chi connectivity index (χ0) is 19.4. The number of rotatable bonds is 7. The van der Waals surface area contributed by atoms with Gasteiger partial charge in [0.25, 0.3) is 0 Å². The topological polar surface area (TPSA) is 68.5 Å². The van der Waals surface area contributed by atoms with Crippen molar-refractivity contribution in [3.05, 3.63) is 48.0 Å². The van der Waals surface area contributed by atoms with Gasteiger partial charge in [0.05, 0.1) is 12.3 Å². The van der Waals surface area contributed by atoms with E-state index in [1.54, 1.807) is 29.3 Å². The van der Waals surface area contributed by atoms with Crippen LogP contribution in [0.5, 0.6) is 5.75 Å². The molecule has 5 nitrogen and oxygen atoms in total. The molecule has 1 aromatic carbocycles. The predicted octanol–water partition coefficient (Wildman–Crippen LogP) is 3.54. The Kier molecular flexibility index (Phi) is 6.06. The molecular formula is C21H26FN3O2. The highest BCUT2D eigenvalue weighted by Crippen LogP contribution is 2.30. The number of carbonyl (C=O) groups excluding carboxylic acids is 1. The average Bonchev–Trinajstić information content (AvgIpc) is 3.00. The van der Waals surface area contributed by atoms with Crippen LogP contribution in [-0.2, 0) is 4.79 Å². The van der Waals surface area contributed by atoms with Gasteiger partial charge in [-0.05, 0) is 62.1 Å². The van der Waals surface area contributed by atoms with E-state index in [1.807, 2.05) is 20.0 Å². The van der Waals surface area contributed by atoms with E-state index in [0.29, 0.717) is 35.6 Å². The molecule has 0 saturated carbocycles. The molecule has 1 aliphatic heterocycles. The van der Waals surface area contributed by atoms with Crippen molar-refractivity contribution in [2.24, 2.45) is 11.7 Å². The quantitative estimate of drug-likeness (QED) is 0.808. The molecule has 1 aliphatic rings. The summed E-state index contributed by atoms with van der Waals surface area (Å²) in [6.45, 7) is 3.22. The lowest BCUT2D eigenvalue weighted by atomic mass is 9.96. The van der Waals surface area contributed by atoms with Crippen LogP contribution in [-0.4, -0.2) is 36.0 Å². The Morgan fingerprint density at radius 1 is 1.37 bits per heavy atom. The standard InChI is InChI=1S/C21H26FN3O2/c1-3-27-16-5-6-18(22)17(13-16)15-8-10-24-20(12-15)19(23)7-4-14-9-11-25(2)21(14)26/h5-6,8,10,12-14,19H,3-4,7,9,11,23H2,1-2H3/t14-,19-/m1/s1. The van der Waals surface area contributed by atoms with Crippen LogP contribution in [0.3, 0.4) is 0 Å². The maximum atomic E-state index is 14.3. The van der Waals surface area contributed by atoms with Crippen molar-refractivity contribution in [1.29, 1.82) is 0 Å². The Morgan fingerprint density at radius 3 is 2.89 bits per heavy atom. The van der Waals surface area contributed by atoms with Crippen LogP contribution >= 0.6 is 0 Å². The number of pyridine rings is 1. The number of halogens is 1. The van der Waals surface area contributed by atoms with E-state index >= 15 is 0 Å². The molecule has 0 spiro atoms. The molecule has 2 aromatic rings. The Bertz CT molecular complexity index is 812. The van der Waals surface area contributed by atoms with Crippen molar-refractivity contribution in [3.8, 4) is 16.9 Å². The van der Waals surface area contributed by atoms with Gasteiger partial charge >= 0.3 is 0 Å². The first kappa shape index (κ1) is 19.3. The van der Waals surface area contributed by atoms with Crippen LogP contribution in [0.1, 0.15) is 37.9 Å². The third-order valence-corrected chi connectivity index (χ3v) is 5.09. The molecule has 0 unspecified atom stereocenters.